The van der Waals surface area contributed by atoms with E-state index in [0.29, 0.717) is 18.7 Å². The summed E-state index contributed by atoms with van der Waals surface area (Å²) < 4.78 is 5.57. The molecule has 76 valence electrons. The number of rotatable bonds is 4. The second-order valence-corrected chi connectivity index (χ2v) is 4.19. The fourth-order valence-corrected chi connectivity index (χ4v) is 1.80. The highest BCUT2D eigenvalue weighted by Gasteiger charge is 2.26. The van der Waals surface area contributed by atoms with Crippen LogP contribution >= 0.6 is 0 Å². The molecular weight excluding hydrogens is 166 g/mol. The van der Waals surface area contributed by atoms with Crippen molar-refractivity contribution < 1.29 is 9.53 Å². The number of ether oxygens (including phenoxy) is 1. The van der Waals surface area contributed by atoms with Crippen LogP contribution in [0.5, 0.6) is 0 Å². The van der Waals surface area contributed by atoms with E-state index in [0.717, 1.165) is 19.7 Å². The Labute approximate surface area is 80.1 Å². The van der Waals surface area contributed by atoms with Gasteiger partial charge in [0.1, 0.15) is 5.78 Å². The number of carbonyl (C=O) groups excluding carboxylic acids is 1. The SMILES string of the molecule is CCOC(C)(C)CN1CCC(=O)C1. The number of hydrogen-bond acceptors (Lipinski definition) is 3. The summed E-state index contributed by atoms with van der Waals surface area (Å²) in [5.74, 6) is 0.354. The maximum atomic E-state index is 11.0. The van der Waals surface area contributed by atoms with Crippen molar-refractivity contribution in [1.29, 1.82) is 0 Å². The van der Waals surface area contributed by atoms with Crippen LogP contribution in [0.1, 0.15) is 27.2 Å². The Kier molecular flexibility index (Phi) is 3.45. The second kappa shape index (κ2) is 4.20. The lowest BCUT2D eigenvalue weighted by molar-refractivity contribution is -0.117. The molecule has 1 saturated heterocycles. The fourth-order valence-electron chi connectivity index (χ4n) is 1.80. The molecule has 0 amide bonds. The Morgan fingerprint density at radius 1 is 1.54 bits per heavy atom. The summed E-state index contributed by atoms with van der Waals surface area (Å²) in [6, 6.07) is 0. The fraction of sp³-hybridized carbons (Fsp3) is 0.900. The Hall–Kier alpha value is -0.410. The molecule has 1 heterocycles. The van der Waals surface area contributed by atoms with Crippen LogP contribution in [-0.4, -0.2) is 42.5 Å². The van der Waals surface area contributed by atoms with Gasteiger partial charge in [-0.2, -0.15) is 0 Å². The van der Waals surface area contributed by atoms with Gasteiger partial charge in [-0.25, -0.2) is 0 Å². The Morgan fingerprint density at radius 2 is 2.23 bits per heavy atom. The predicted octanol–water partition coefficient (Wildman–Crippen LogP) is 1.08. The maximum Gasteiger partial charge on any atom is 0.148 e. The van der Waals surface area contributed by atoms with Crippen LogP contribution in [0.25, 0.3) is 0 Å². The molecule has 3 nitrogen and oxygen atoms in total. The first kappa shape index (κ1) is 10.7. The van der Waals surface area contributed by atoms with Gasteiger partial charge in [0, 0.05) is 26.1 Å². The van der Waals surface area contributed by atoms with E-state index in [-0.39, 0.29) is 5.60 Å². The zero-order valence-electron chi connectivity index (χ0n) is 8.80. The molecule has 0 atom stereocenters. The van der Waals surface area contributed by atoms with Crippen molar-refractivity contribution in [2.24, 2.45) is 0 Å². The van der Waals surface area contributed by atoms with Crippen molar-refractivity contribution in [2.75, 3.05) is 26.2 Å². The van der Waals surface area contributed by atoms with Gasteiger partial charge in [-0.05, 0) is 20.8 Å². The smallest absolute Gasteiger partial charge is 0.148 e. The molecule has 1 aliphatic heterocycles. The van der Waals surface area contributed by atoms with E-state index in [1.807, 2.05) is 6.92 Å². The van der Waals surface area contributed by atoms with Gasteiger partial charge in [0.15, 0.2) is 0 Å². The van der Waals surface area contributed by atoms with Gasteiger partial charge in [-0.3, -0.25) is 9.69 Å². The molecule has 0 unspecified atom stereocenters. The summed E-state index contributed by atoms with van der Waals surface area (Å²) in [5, 5.41) is 0. The van der Waals surface area contributed by atoms with Gasteiger partial charge in [0.2, 0.25) is 0 Å². The number of Topliss-reactive ketones (excluding diaryl/α,β-unsaturated/α-hetero) is 1. The summed E-state index contributed by atoms with van der Waals surface area (Å²) >= 11 is 0. The van der Waals surface area contributed by atoms with Crippen LogP contribution in [-0.2, 0) is 9.53 Å². The molecule has 0 saturated carbocycles. The van der Waals surface area contributed by atoms with Crippen LogP contribution in [0.15, 0.2) is 0 Å². The van der Waals surface area contributed by atoms with E-state index < -0.39 is 0 Å². The van der Waals surface area contributed by atoms with Gasteiger partial charge in [-0.15, -0.1) is 0 Å². The van der Waals surface area contributed by atoms with Crippen molar-refractivity contribution in [3.63, 3.8) is 0 Å². The topological polar surface area (TPSA) is 29.5 Å². The van der Waals surface area contributed by atoms with E-state index in [9.17, 15) is 4.79 Å². The summed E-state index contributed by atoms with van der Waals surface area (Å²) in [6.45, 7) is 9.22. The van der Waals surface area contributed by atoms with Crippen molar-refractivity contribution in [2.45, 2.75) is 32.8 Å². The van der Waals surface area contributed by atoms with E-state index in [1.165, 1.54) is 0 Å². The molecule has 3 heteroatoms. The monoisotopic (exact) mass is 185 g/mol. The molecule has 0 aromatic heterocycles. The summed E-state index contributed by atoms with van der Waals surface area (Å²) in [6.07, 6.45) is 0.711. The van der Waals surface area contributed by atoms with Crippen molar-refractivity contribution in [3.8, 4) is 0 Å². The first-order chi connectivity index (χ1) is 6.03. The lowest BCUT2D eigenvalue weighted by Crippen LogP contribution is -2.39. The second-order valence-electron chi connectivity index (χ2n) is 4.19. The van der Waals surface area contributed by atoms with Crippen LogP contribution in [0.4, 0.5) is 0 Å². The van der Waals surface area contributed by atoms with E-state index in [1.54, 1.807) is 0 Å². The minimum Gasteiger partial charge on any atom is -0.375 e. The average molecular weight is 185 g/mol. The third kappa shape index (κ3) is 3.44. The molecule has 0 radical (unpaired) electrons. The molecule has 0 aliphatic carbocycles. The Bertz CT molecular complexity index is 189. The molecular formula is C10H19NO2. The highest BCUT2D eigenvalue weighted by molar-refractivity contribution is 5.82. The van der Waals surface area contributed by atoms with Crippen LogP contribution in [0.2, 0.25) is 0 Å². The molecule has 0 aromatic rings. The highest BCUT2D eigenvalue weighted by atomic mass is 16.5. The van der Waals surface area contributed by atoms with E-state index >= 15 is 0 Å². The van der Waals surface area contributed by atoms with E-state index in [2.05, 4.69) is 18.7 Å². The quantitative estimate of drug-likeness (QED) is 0.656. The number of nitrogens with zero attached hydrogens (tertiary/aromatic N) is 1. The lowest BCUT2D eigenvalue weighted by atomic mass is 10.1. The lowest BCUT2D eigenvalue weighted by Gasteiger charge is -2.29. The van der Waals surface area contributed by atoms with Crippen LogP contribution < -0.4 is 0 Å². The van der Waals surface area contributed by atoms with E-state index in [4.69, 9.17) is 4.74 Å². The maximum absolute atomic E-state index is 11.0. The highest BCUT2D eigenvalue weighted by Crippen LogP contribution is 2.14. The van der Waals surface area contributed by atoms with Gasteiger partial charge in [0.25, 0.3) is 0 Å². The van der Waals surface area contributed by atoms with Gasteiger partial charge in [-0.1, -0.05) is 0 Å². The number of hydrogen-bond donors (Lipinski definition) is 0. The molecule has 1 aliphatic rings. The van der Waals surface area contributed by atoms with Gasteiger partial charge in [0.05, 0.1) is 12.1 Å². The summed E-state index contributed by atoms with van der Waals surface area (Å²) in [7, 11) is 0. The molecule has 0 spiro atoms. The largest absolute Gasteiger partial charge is 0.375 e. The first-order valence-corrected chi connectivity index (χ1v) is 4.91. The predicted molar refractivity (Wildman–Crippen MR) is 51.8 cm³/mol. The molecule has 1 fully saturated rings. The number of ketones is 1. The molecule has 1 rings (SSSR count). The van der Waals surface area contributed by atoms with Crippen LogP contribution in [0, 0.1) is 0 Å². The third-order valence-corrected chi connectivity index (χ3v) is 2.25. The normalized spacial score (nSPS) is 19.8. The molecule has 0 bridgehead atoms. The van der Waals surface area contributed by atoms with Crippen LogP contribution in [0.3, 0.4) is 0 Å². The Morgan fingerprint density at radius 3 is 2.69 bits per heavy atom. The Balaban J connectivity index is 2.35. The van der Waals surface area contributed by atoms with Crippen molar-refractivity contribution >= 4 is 5.78 Å². The average Bonchev–Trinajstić information content (AvgIpc) is 2.34. The third-order valence-electron chi connectivity index (χ3n) is 2.25. The number of carbonyl (C=O) groups is 1. The molecule has 0 aromatic carbocycles. The molecule has 0 N–H and O–H groups in total. The van der Waals surface area contributed by atoms with Crippen molar-refractivity contribution in [1.82, 2.24) is 4.90 Å². The molecule has 13 heavy (non-hydrogen) atoms. The van der Waals surface area contributed by atoms with Gasteiger partial charge >= 0.3 is 0 Å². The van der Waals surface area contributed by atoms with Crippen molar-refractivity contribution in [3.05, 3.63) is 0 Å². The zero-order chi connectivity index (χ0) is 9.90. The summed E-state index contributed by atoms with van der Waals surface area (Å²) in [4.78, 5) is 13.2. The number of likely N-dealkylation sites (tertiary alicyclic amines) is 1. The first-order valence-electron chi connectivity index (χ1n) is 4.91. The standard InChI is InChI=1S/C10H19NO2/c1-4-13-10(2,3)8-11-6-5-9(12)7-11/h4-8H2,1-3H3. The minimum absolute atomic E-state index is 0.126. The van der Waals surface area contributed by atoms with Gasteiger partial charge < -0.3 is 4.74 Å². The minimum atomic E-state index is -0.126. The summed E-state index contributed by atoms with van der Waals surface area (Å²) in [5.41, 5.74) is -0.126. The zero-order valence-corrected chi connectivity index (χ0v) is 8.80.